The number of esters is 1. The Morgan fingerprint density at radius 1 is 1.14 bits per heavy atom. The molecule has 3 fully saturated rings. The van der Waals surface area contributed by atoms with Gasteiger partial charge in [0, 0.05) is 12.2 Å². The van der Waals surface area contributed by atoms with E-state index in [1.54, 1.807) is 6.08 Å². The van der Waals surface area contributed by atoms with E-state index in [1.165, 1.54) is 32.1 Å². The molecule has 35 heavy (non-hydrogen) atoms. The number of hydrogen-bond donors (Lipinski definition) is 1. The van der Waals surface area contributed by atoms with Gasteiger partial charge in [0.2, 0.25) is 0 Å². The maximum atomic E-state index is 12.0. The first-order chi connectivity index (χ1) is 16.1. The van der Waals surface area contributed by atoms with Crippen molar-refractivity contribution < 1.29 is 19.1 Å². The first-order valence-electron chi connectivity index (χ1n) is 14.3. The highest BCUT2D eigenvalue weighted by molar-refractivity contribution is 6.74. The third-order valence-corrected chi connectivity index (χ3v) is 14.9. The fraction of sp³-hybridized carbons (Fsp3) is 0.900. The lowest BCUT2D eigenvalue weighted by atomic mass is 9.59. The van der Waals surface area contributed by atoms with Crippen molar-refractivity contribution in [2.45, 2.75) is 136 Å². The van der Waals surface area contributed by atoms with Crippen LogP contribution in [-0.2, 0) is 14.0 Å². The summed E-state index contributed by atoms with van der Waals surface area (Å²) >= 11 is 0. The molecule has 1 N–H and O–H groups in total. The molecule has 4 nitrogen and oxygen atoms in total. The van der Waals surface area contributed by atoms with Crippen LogP contribution in [0.4, 0.5) is 0 Å². The molecular formula is C30H54O4Si. The van der Waals surface area contributed by atoms with Crippen LogP contribution in [0, 0.1) is 28.6 Å². The molecule has 0 heterocycles. The Morgan fingerprint density at radius 2 is 1.83 bits per heavy atom. The Balaban J connectivity index is 1.82. The zero-order chi connectivity index (χ0) is 26.3. The summed E-state index contributed by atoms with van der Waals surface area (Å²) < 4.78 is 12.3. The Kier molecular flexibility index (Phi) is 8.47. The van der Waals surface area contributed by atoms with Crippen molar-refractivity contribution in [3.8, 4) is 0 Å². The van der Waals surface area contributed by atoms with Gasteiger partial charge in [-0.1, -0.05) is 46.6 Å². The second-order valence-corrected chi connectivity index (χ2v) is 19.1. The van der Waals surface area contributed by atoms with Crippen LogP contribution in [0.5, 0.6) is 0 Å². The van der Waals surface area contributed by atoms with Crippen molar-refractivity contribution in [1.29, 1.82) is 0 Å². The van der Waals surface area contributed by atoms with Crippen LogP contribution >= 0.6 is 0 Å². The number of ether oxygens (including phenoxy) is 1. The van der Waals surface area contributed by atoms with Crippen molar-refractivity contribution >= 4 is 14.3 Å². The minimum absolute atomic E-state index is 0.221. The summed E-state index contributed by atoms with van der Waals surface area (Å²) in [6.45, 7) is 20.5. The standard InChI is InChI=1S/C30H54O4Si/c1-10-33-26(31)17-14-22-21-30(22,20-12-18-28(5,6)32)25-16-15-23-24(13-11-19-29(23,25)7)34-35(8,9)27(2,3)4/h14,17,22-25,32H,10-13,15-16,18-21H2,1-9H3/t22?,23?,24-,25?,29-,30?/m0/s1. The number of allylic oxidation sites excluding steroid dienone is 1. The normalized spacial score (nSPS) is 35.8. The minimum Gasteiger partial charge on any atom is -0.463 e. The van der Waals surface area contributed by atoms with Crippen LogP contribution in [0.1, 0.15) is 106 Å². The van der Waals surface area contributed by atoms with Crippen molar-refractivity contribution in [1.82, 2.24) is 0 Å². The third-order valence-electron chi connectivity index (χ3n) is 10.4. The monoisotopic (exact) mass is 506 g/mol. The quantitative estimate of drug-likeness (QED) is 0.188. The fourth-order valence-corrected chi connectivity index (χ4v) is 8.86. The highest BCUT2D eigenvalue weighted by Gasteiger charge is 2.66. The molecular weight excluding hydrogens is 452 g/mol. The van der Waals surface area contributed by atoms with E-state index < -0.39 is 13.9 Å². The molecule has 0 spiro atoms. The average molecular weight is 507 g/mol. The predicted octanol–water partition coefficient (Wildman–Crippen LogP) is 7.66. The molecule has 3 saturated carbocycles. The first kappa shape index (κ1) is 28.9. The van der Waals surface area contributed by atoms with E-state index in [2.05, 4.69) is 46.9 Å². The van der Waals surface area contributed by atoms with Gasteiger partial charge in [0.1, 0.15) is 0 Å². The lowest BCUT2D eigenvalue weighted by Gasteiger charge is -2.50. The number of carbonyl (C=O) groups is 1. The van der Waals surface area contributed by atoms with Crippen LogP contribution in [0.15, 0.2) is 12.2 Å². The van der Waals surface area contributed by atoms with Gasteiger partial charge >= 0.3 is 5.97 Å². The van der Waals surface area contributed by atoms with E-state index in [4.69, 9.17) is 9.16 Å². The topological polar surface area (TPSA) is 55.8 Å². The fourth-order valence-electron chi connectivity index (χ4n) is 7.47. The molecule has 0 aromatic carbocycles. The van der Waals surface area contributed by atoms with E-state index in [-0.39, 0.29) is 16.4 Å². The van der Waals surface area contributed by atoms with Crippen molar-refractivity contribution in [3.63, 3.8) is 0 Å². The summed E-state index contributed by atoms with van der Waals surface area (Å²) in [5, 5.41) is 10.6. The third kappa shape index (κ3) is 6.26. The van der Waals surface area contributed by atoms with Gasteiger partial charge in [-0.2, -0.15) is 0 Å². The van der Waals surface area contributed by atoms with Gasteiger partial charge in [0.05, 0.1) is 12.2 Å². The second kappa shape index (κ2) is 10.2. The molecule has 5 heteroatoms. The van der Waals surface area contributed by atoms with Crippen LogP contribution in [0.3, 0.4) is 0 Å². The molecule has 0 saturated heterocycles. The number of fused-ring (bicyclic) bond motifs is 1. The summed E-state index contributed by atoms with van der Waals surface area (Å²) in [7, 11) is -1.82. The van der Waals surface area contributed by atoms with E-state index in [1.807, 2.05) is 20.8 Å². The zero-order valence-electron chi connectivity index (χ0n) is 24.2. The van der Waals surface area contributed by atoms with Crippen LogP contribution in [0.25, 0.3) is 0 Å². The second-order valence-electron chi connectivity index (χ2n) is 14.4. The number of aliphatic hydroxyl groups is 1. The molecule has 0 aromatic heterocycles. The highest BCUT2D eigenvalue weighted by atomic mass is 28.4. The Morgan fingerprint density at radius 3 is 2.43 bits per heavy atom. The van der Waals surface area contributed by atoms with E-state index >= 15 is 0 Å². The SMILES string of the molecule is CCOC(=O)C=CC1CC1(CCCC(C)(C)O)C1CCC2[C@@H](O[Si](C)(C)C(C)(C)C)CCC[C@@]21C. The van der Waals surface area contributed by atoms with Crippen LogP contribution in [0.2, 0.25) is 18.1 Å². The van der Waals surface area contributed by atoms with E-state index in [9.17, 15) is 9.90 Å². The largest absolute Gasteiger partial charge is 0.463 e. The molecule has 0 radical (unpaired) electrons. The average Bonchev–Trinajstić information content (AvgIpc) is 3.27. The van der Waals surface area contributed by atoms with Gasteiger partial charge in [0.25, 0.3) is 0 Å². The molecule has 0 bridgehead atoms. The molecule has 3 aliphatic rings. The molecule has 0 aliphatic heterocycles. The lowest BCUT2D eigenvalue weighted by Crippen LogP contribution is -2.50. The van der Waals surface area contributed by atoms with Gasteiger partial charge in [-0.25, -0.2) is 4.79 Å². The number of rotatable bonds is 10. The van der Waals surface area contributed by atoms with Crippen molar-refractivity contribution in [3.05, 3.63) is 12.2 Å². The maximum absolute atomic E-state index is 12.0. The highest BCUT2D eigenvalue weighted by Crippen LogP contribution is 2.72. The molecule has 0 aromatic rings. The molecule has 4 unspecified atom stereocenters. The number of carbonyl (C=O) groups excluding carboxylic acids is 1. The molecule has 0 amide bonds. The van der Waals surface area contributed by atoms with E-state index in [0.29, 0.717) is 35.9 Å². The summed E-state index contributed by atoms with van der Waals surface area (Å²) in [6, 6.07) is 0. The zero-order valence-corrected chi connectivity index (χ0v) is 25.2. The molecule has 3 aliphatic carbocycles. The van der Waals surface area contributed by atoms with Crippen molar-refractivity contribution in [2.24, 2.45) is 28.6 Å². The summed E-state index contributed by atoms with van der Waals surface area (Å²) in [6.07, 6.45) is 14.7. The van der Waals surface area contributed by atoms with Gasteiger partial charge < -0.3 is 14.3 Å². The minimum atomic E-state index is -1.82. The van der Waals surface area contributed by atoms with Crippen LogP contribution in [-0.4, -0.2) is 37.7 Å². The van der Waals surface area contributed by atoms with Gasteiger partial charge in [0.15, 0.2) is 8.32 Å². The Hall–Kier alpha value is -0.653. The molecule has 3 rings (SSSR count). The lowest BCUT2D eigenvalue weighted by molar-refractivity contribution is -0.137. The van der Waals surface area contributed by atoms with Gasteiger partial charge in [-0.05, 0) is 112 Å². The first-order valence-corrected chi connectivity index (χ1v) is 17.2. The molecule has 6 atom stereocenters. The Bertz CT molecular complexity index is 776. The summed E-state index contributed by atoms with van der Waals surface area (Å²) in [5.74, 6) is 1.51. The summed E-state index contributed by atoms with van der Waals surface area (Å²) in [5.41, 5.74) is -0.0788. The van der Waals surface area contributed by atoms with Crippen molar-refractivity contribution in [2.75, 3.05) is 6.61 Å². The number of hydrogen-bond acceptors (Lipinski definition) is 4. The predicted molar refractivity (Wildman–Crippen MR) is 147 cm³/mol. The van der Waals surface area contributed by atoms with Crippen LogP contribution < -0.4 is 0 Å². The Labute approximate surface area is 216 Å². The maximum Gasteiger partial charge on any atom is 0.330 e. The smallest absolute Gasteiger partial charge is 0.330 e. The van der Waals surface area contributed by atoms with Gasteiger partial charge in [-0.15, -0.1) is 0 Å². The van der Waals surface area contributed by atoms with Gasteiger partial charge in [-0.3, -0.25) is 0 Å². The summed E-state index contributed by atoms with van der Waals surface area (Å²) in [4.78, 5) is 12.0. The van der Waals surface area contributed by atoms with E-state index in [0.717, 1.165) is 25.7 Å². The molecule has 202 valence electrons.